The van der Waals surface area contributed by atoms with Gasteiger partial charge in [-0.05, 0) is 18.2 Å². The average molecular weight is 332 g/mol. The van der Waals surface area contributed by atoms with Gasteiger partial charge in [0.15, 0.2) is 12.4 Å². The summed E-state index contributed by atoms with van der Waals surface area (Å²) in [5.74, 6) is 0.277. The van der Waals surface area contributed by atoms with Crippen molar-refractivity contribution in [2.24, 2.45) is 0 Å². The minimum Gasteiger partial charge on any atom is -0.482 e. The molecular weight excluding hydrogens is 312 g/mol. The molecule has 2 aliphatic heterocycles. The topological polar surface area (TPSA) is 76.2 Å². The molecule has 0 aliphatic carbocycles. The summed E-state index contributed by atoms with van der Waals surface area (Å²) in [6, 6.07) is 5.01. The Balaban J connectivity index is 1.63. The standard InChI is InChI=1S/C17H20N2O5/c1-18-13-10-12(2-4-15(13)24-11-17(18)22)14(20)3-5-16(21)19-6-8-23-9-7-19/h2,4,10H,3,5-9,11H2,1H3. The maximum Gasteiger partial charge on any atom is 0.264 e. The van der Waals surface area contributed by atoms with E-state index in [-0.39, 0.29) is 37.0 Å². The van der Waals surface area contributed by atoms with E-state index in [4.69, 9.17) is 9.47 Å². The van der Waals surface area contributed by atoms with Crippen molar-refractivity contribution in [1.29, 1.82) is 0 Å². The Bertz CT molecular complexity index is 667. The fourth-order valence-corrected chi connectivity index (χ4v) is 2.78. The Hall–Kier alpha value is -2.41. The van der Waals surface area contributed by atoms with Crippen LogP contribution in [0.25, 0.3) is 0 Å². The summed E-state index contributed by atoms with van der Waals surface area (Å²) in [6.45, 7) is 2.26. The van der Waals surface area contributed by atoms with Gasteiger partial charge in [0.05, 0.1) is 18.9 Å². The molecule has 0 unspecified atom stereocenters. The second kappa shape index (κ2) is 7.00. The molecule has 7 nitrogen and oxygen atoms in total. The lowest BCUT2D eigenvalue weighted by Gasteiger charge is -2.27. The summed E-state index contributed by atoms with van der Waals surface area (Å²) in [5.41, 5.74) is 1.06. The van der Waals surface area contributed by atoms with Crippen LogP contribution in [0.4, 0.5) is 5.69 Å². The summed E-state index contributed by atoms with van der Waals surface area (Å²) in [7, 11) is 1.65. The molecule has 1 aromatic rings. The molecule has 0 saturated carbocycles. The van der Waals surface area contributed by atoms with Crippen LogP contribution >= 0.6 is 0 Å². The maximum atomic E-state index is 12.4. The molecule has 0 spiro atoms. The van der Waals surface area contributed by atoms with Crippen LogP contribution in [0.5, 0.6) is 5.75 Å². The third-order valence-corrected chi connectivity index (χ3v) is 4.30. The van der Waals surface area contributed by atoms with E-state index in [0.29, 0.717) is 43.3 Å². The molecule has 0 radical (unpaired) electrons. The third kappa shape index (κ3) is 3.41. The number of Topliss-reactive ketones (excluding diaryl/α,β-unsaturated/α-hetero) is 1. The molecule has 1 fully saturated rings. The Kier molecular flexibility index (Phi) is 4.80. The van der Waals surface area contributed by atoms with Crippen LogP contribution in [-0.2, 0) is 14.3 Å². The molecule has 0 aromatic heterocycles. The first-order chi connectivity index (χ1) is 11.6. The van der Waals surface area contributed by atoms with E-state index < -0.39 is 0 Å². The average Bonchev–Trinajstić information content (AvgIpc) is 2.63. The van der Waals surface area contributed by atoms with Crippen LogP contribution in [0.15, 0.2) is 18.2 Å². The van der Waals surface area contributed by atoms with Crippen molar-refractivity contribution in [2.45, 2.75) is 12.8 Å². The number of hydrogen-bond acceptors (Lipinski definition) is 5. The van der Waals surface area contributed by atoms with Crippen LogP contribution in [0, 0.1) is 0 Å². The molecule has 2 aliphatic rings. The van der Waals surface area contributed by atoms with E-state index in [0.717, 1.165) is 0 Å². The van der Waals surface area contributed by atoms with Crippen molar-refractivity contribution >= 4 is 23.3 Å². The molecule has 2 heterocycles. The molecule has 0 atom stereocenters. The molecule has 2 amide bonds. The number of ketones is 1. The fourth-order valence-electron chi connectivity index (χ4n) is 2.78. The predicted molar refractivity (Wildman–Crippen MR) is 86.3 cm³/mol. The van der Waals surface area contributed by atoms with Crippen molar-refractivity contribution in [1.82, 2.24) is 4.90 Å². The van der Waals surface area contributed by atoms with Gasteiger partial charge in [0.1, 0.15) is 5.75 Å². The van der Waals surface area contributed by atoms with Gasteiger partial charge in [-0.3, -0.25) is 14.4 Å². The van der Waals surface area contributed by atoms with E-state index in [1.807, 2.05) is 0 Å². The maximum absolute atomic E-state index is 12.4. The van der Waals surface area contributed by atoms with Gasteiger partial charge >= 0.3 is 0 Å². The first-order valence-electron chi connectivity index (χ1n) is 7.98. The smallest absolute Gasteiger partial charge is 0.264 e. The summed E-state index contributed by atoms with van der Waals surface area (Å²) in [6.07, 6.45) is 0.328. The zero-order valence-corrected chi connectivity index (χ0v) is 13.6. The largest absolute Gasteiger partial charge is 0.482 e. The van der Waals surface area contributed by atoms with Gasteiger partial charge in [0, 0.05) is 38.5 Å². The summed E-state index contributed by atoms with van der Waals surface area (Å²) in [4.78, 5) is 39.4. The number of morpholine rings is 1. The van der Waals surface area contributed by atoms with E-state index in [9.17, 15) is 14.4 Å². The molecular formula is C17H20N2O5. The van der Waals surface area contributed by atoms with Gasteiger partial charge in [0.25, 0.3) is 5.91 Å². The van der Waals surface area contributed by atoms with Crippen molar-refractivity contribution in [3.8, 4) is 5.75 Å². The van der Waals surface area contributed by atoms with Crippen LogP contribution < -0.4 is 9.64 Å². The number of amides is 2. The second-order valence-corrected chi connectivity index (χ2v) is 5.84. The zero-order valence-electron chi connectivity index (χ0n) is 13.6. The van der Waals surface area contributed by atoms with Gasteiger partial charge in [-0.2, -0.15) is 0 Å². The van der Waals surface area contributed by atoms with Crippen molar-refractivity contribution in [3.63, 3.8) is 0 Å². The molecule has 0 N–H and O–H groups in total. The number of rotatable bonds is 4. The van der Waals surface area contributed by atoms with Gasteiger partial charge in [-0.25, -0.2) is 0 Å². The molecule has 3 rings (SSSR count). The van der Waals surface area contributed by atoms with Crippen LogP contribution in [-0.4, -0.2) is 62.5 Å². The fraction of sp³-hybridized carbons (Fsp3) is 0.471. The lowest BCUT2D eigenvalue weighted by atomic mass is 10.0. The molecule has 1 saturated heterocycles. The van der Waals surface area contributed by atoms with Crippen LogP contribution in [0.1, 0.15) is 23.2 Å². The van der Waals surface area contributed by atoms with Crippen molar-refractivity contribution in [3.05, 3.63) is 23.8 Å². The number of ether oxygens (including phenoxy) is 2. The minimum absolute atomic E-state index is 0.00481. The number of hydrogen-bond donors (Lipinski definition) is 0. The first-order valence-corrected chi connectivity index (χ1v) is 7.98. The highest BCUT2D eigenvalue weighted by molar-refractivity contribution is 6.02. The van der Waals surface area contributed by atoms with Gasteiger partial charge in [-0.15, -0.1) is 0 Å². The molecule has 24 heavy (non-hydrogen) atoms. The molecule has 1 aromatic carbocycles. The number of fused-ring (bicyclic) bond motifs is 1. The highest BCUT2D eigenvalue weighted by Crippen LogP contribution is 2.32. The summed E-state index contributed by atoms with van der Waals surface area (Å²) < 4.78 is 10.6. The van der Waals surface area contributed by atoms with Crippen LogP contribution in [0.3, 0.4) is 0 Å². The van der Waals surface area contributed by atoms with Crippen molar-refractivity contribution in [2.75, 3.05) is 44.9 Å². The predicted octanol–water partition coefficient (Wildman–Crippen LogP) is 0.864. The molecule has 0 bridgehead atoms. The van der Waals surface area contributed by atoms with Gasteiger partial charge in [0.2, 0.25) is 5.91 Å². The summed E-state index contributed by atoms with van der Waals surface area (Å²) >= 11 is 0. The van der Waals surface area contributed by atoms with Crippen molar-refractivity contribution < 1.29 is 23.9 Å². The van der Waals surface area contributed by atoms with E-state index in [2.05, 4.69) is 0 Å². The molecule has 7 heteroatoms. The third-order valence-electron chi connectivity index (χ3n) is 4.30. The second-order valence-electron chi connectivity index (χ2n) is 5.84. The van der Waals surface area contributed by atoms with E-state index in [1.54, 1.807) is 30.1 Å². The lowest BCUT2D eigenvalue weighted by Crippen LogP contribution is -2.40. The number of carbonyl (C=O) groups excluding carboxylic acids is 3. The number of carbonyl (C=O) groups is 3. The minimum atomic E-state index is -0.158. The highest BCUT2D eigenvalue weighted by Gasteiger charge is 2.24. The Morgan fingerprint density at radius 3 is 2.67 bits per heavy atom. The van der Waals surface area contributed by atoms with Crippen LogP contribution in [0.2, 0.25) is 0 Å². The van der Waals surface area contributed by atoms with Gasteiger partial charge in [-0.1, -0.05) is 0 Å². The number of nitrogens with zero attached hydrogens (tertiary/aromatic N) is 2. The van der Waals surface area contributed by atoms with E-state index in [1.165, 1.54) is 4.90 Å². The Labute approximate surface area is 140 Å². The van der Waals surface area contributed by atoms with E-state index >= 15 is 0 Å². The molecule has 128 valence electrons. The zero-order chi connectivity index (χ0) is 17.1. The number of anilines is 1. The normalized spacial score (nSPS) is 17.3. The number of benzene rings is 1. The number of likely N-dealkylation sites (N-methyl/N-ethyl adjacent to an activating group) is 1. The monoisotopic (exact) mass is 332 g/mol. The lowest BCUT2D eigenvalue weighted by molar-refractivity contribution is -0.135. The Morgan fingerprint density at radius 2 is 1.92 bits per heavy atom. The SMILES string of the molecule is CN1C(=O)COc2ccc(C(=O)CCC(=O)N3CCOCC3)cc21. The van der Waals surface area contributed by atoms with Gasteiger partial charge < -0.3 is 19.3 Å². The highest BCUT2D eigenvalue weighted by atomic mass is 16.5. The Morgan fingerprint density at radius 1 is 1.17 bits per heavy atom. The summed E-state index contributed by atoms with van der Waals surface area (Å²) in [5, 5.41) is 0. The first kappa shape index (κ1) is 16.4. The quantitative estimate of drug-likeness (QED) is 0.765.